The maximum Gasteiger partial charge on any atom is 0.185 e. The molecule has 0 amide bonds. The number of hydrogen-bond acceptors (Lipinski definition) is 3. The third-order valence-electron chi connectivity index (χ3n) is 3.50. The molecule has 1 aromatic heterocycles. The number of hydrogen-bond donors (Lipinski definition) is 0. The summed E-state index contributed by atoms with van der Waals surface area (Å²) in [6.07, 6.45) is 0. The van der Waals surface area contributed by atoms with Gasteiger partial charge in [-0.1, -0.05) is 0 Å². The minimum atomic E-state index is -0.909. The molecule has 2 aromatic rings. The van der Waals surface area contributed by atoms with Crippen LogP contribution in [-0.4, -0.2) is 33.8 Å². The molecule has 0 spiro atoms. The Kier molecular flexibility index (Phi) is 3.41. The minimum absolute atomic E-state index is 0.0618. The molecule has 1 fully saturated rings. The minimum Gasteiger partial charge on any atom is -0.369 e. The summed E-state index contributed by atoms with van der Waals surface area (Å²) in [4.78, 5) is 6.17. The third-order valence-corrected chi connectivity index (χ3v) is 4.77. The van der Waals surface area contributed by atoms with Crippen LogP contribution in [-0.2, 0) is 10.8 Å². The van der Waals surface area contributed by atoms with E-state index in [1.807, 2.05) is 6.07 Å². The van der Waals surface area contributed by atoms with Crippen LogP contribution < -0.4 is 4.90 Å². The molecule has 106 valence electrons. The lowest BCUT2D eigenvalue weighted by Gasteiger charge is -2.29. The molecule has 1 aliphatic rings. The van der Waals surface area contributed by atoms with Crippen LogP contribution >= 0.6 is 0 Å². The zero-order valence-electron chi connectivity index (χ0n) is 11.0. The monoisotopic (exact) mass is 296 g/mol. The van der Waals surface area contributed by atoms with E-state index in [-0.39, 0.29) is 5.52 Å². The highest BCUT2D eigenvalue weighted by Crippen LogP contribution is 2.30. The Labute approximate surface area is 118 Å². The van der Waals surface area contributed by atoms with Gasteiger partial charge in [0.1, 0.15) is 5.52 Å². The SMILES string of the molecule is Cc1cc(N2CCS(=O)CC2)c2ccc(F)c(F)c2n1. The molecule has 1 saturated heterocycles. The standard InChI is InChI=1S/C14H14F2N2OS/c1-9-8-12(18-4-6-20(19)7-5-18)10-2-3-11(15)13(16)14(10)17-9/h2-3,8H,4-7H2,1H3. The first-order valence-electron chi connectivity index (χ1n) is 6.41. The second-order valence-corrected chi connectivity index (χ2v) is 6.57. The van der Waals surface area contributed by atoms with Crippen molar-refractivity contribution in [3.63, 3.8) is 0 Å². The predicted octanol–water partition coefficient (Wildman–Crippen LogP) is 2.39. The topological polar surface area (TPSA) is 33.2 Å². The van der Waals surface area contributed by atoms with Crippen molar-refractivity contribution in [1.29, 1.82) is 0 Å². The lowest BCUT2D eigenvalue weighted by molar-refractivity contribution is 0.515. The molecule has 3 rings (SSSR count). The van der Waals surface area contributed by atoms with Crippen LogP contribution in [0.3, 0.4) is 0 Å². The van der Waals surface area contributed by atoms with Crippen molar-refractivity contribution < 1.29 is 13.0 Å². The molecule has 0 bridgehead atoms. The van der Waals surface area contributed by atoms with Gasteiger partial charge in [-0.2, -0.15) is 0 Å². The first-order chi connectivity index (χ1) is 9.56. The molecule has 6 heteroatoms. The number of aryl methyl sites for hydroxylation is 1. The number of rotatable bonds is 1. The normalized spacial score (nSPS) is 16.9. The van der Waals surface area contributed by atoms with Crippen LogP contribution in [0.25, 0.3) is 10.9 Å². The van der Waals surface area contributed by atoms with E-state index in [4.69, 9.17) is 0 Å². The molecule has 1 aliphatic heterocycles. The Morgan fingerprint density at radius 2 is 1.95 bits per heavy atom. The van der Waals surface area contributed by atoms with Crippen molar-refractivity contribution in [3.05, 3.63) is 35.5 Å². The Hall–Kier alpha value is -1.56. The van der Waals surface area contributed by atoms with Gasteiger partial charge in [0.05, 0.1) is 0 Å². The van der Waals surface area contributed by atoms with Gasteiger partial charge >= 0.3 is 0 Å². The molecule has 0 unspecified atom stereocenters. The second-order valence-electron chi connectivity index (χ2n) is 4.88. The van der Waals surface area contributed by atoms with Crippen molar-refractivity contribution in [2.24, 2.45) is 0 Å². The van der Waals surface area contributed by atoms with Crippen molar-refractivity contribution in [1.82, 2.24) is 4.98 Å². The van der Waals surface area contributed by atoms with Crippen LogP contribution in [0.15, 0.2) is 18.2 Å². The van der Waals surface area contributed by atoms with Gasteiger partial charge in [0, 0.05) is 52.2 Å². The van der Waals surface area contributed by atoms with Gasteiger partial charge in [0.2, 0.25) is 0 Å². The van der Waals surface area contributed by atoms with Gasteiger partial charge in [-0.3, -0.25) is 4.21 Å². The number of halogens is 2. The largest absolute Gasteiger partial charge is 0.369 e. The fourth-order valence-corrected chi connectivity index (χ4v) is 3.53. The van der Waals surface area contributed by atoms with E-state index in [9.17, 15) is 13.0 Å². The number of benzene rings is 1. The van der Waals surface area contributed by atoms with Crippen molar-refractivity contribution >= 4 is 27.4 Å². The van der Waals surface area contributed by atoms with E-state index in [1.54, 1.807) is 13.0 Å². The van der Waals surface area contributed by atoms with Crippen LogP contribution in [0.5, 0.6) is 0 Å². The average Bonchev–Trinajstić information content (AvgIpc) is 2.43. The summed E-state index contributed by atoms with van der Waals surface area (Å²) in [6, 6.07) is 4.55. The summed E-state index contributed by atoms with van der Waals surface area (Å²) in [5.41, 5.74) is 1.54. The quantitative estimate of drug-likeness (QED) is 0.810. The summed E-state index contributed by atoms with van der Waals surface area (Å²) < 4.78 is 38.7. The van der Waals surface area contributed by atoms with E-state index in [1.165, 1.54) is 0 Å². The molecule has 20 heavy (non-hydrogen) atoms. The van der Waals surface area contributed by atoms with Gasteiger partial charge in [-0.05, 0) is 25.1 Å². The van der Waals surface area contributed by atoms with Gasteiger partial charge < -0.3 is 4.90 Å². The molecule has 0 aliphatic carbocycles. The van der Waals surface area contributed by atoms with Gasteiger partial charge in [0.25, 0.3) is 0 Å². The summed E-state index contributed by atoms with van der Waals surface area (Å²) >= 11 is 0. The Morgan fingerprint density at radius 3 is 2.65 bits per heavy atom. The van der Waals surface area contributed by atoms with E-state index in [2.05, 4.69) is 9.88 Å². The number of nitrogens with zero attached hydrogens (tertiary/aromatic N) is 2. The van der Waals surface area contributed by atoms with Crippen LogP contribution in [0.2, 0.25) is 0 Å². The van der Waals surface area contributed by atoms with Gasteiger partial charge in [-0.25, -0.2) is 13.8 Å². The zero-order chi connectivity index (χ0) is 14.3. The maximum absolute atomic E-state index is 13.9. The smallest absolute Gasteiger partial charge is 0.185 e. The Balaban J connectivity index is 2.15. The van der Waals surface area contributed by atoms with Crippen LogP contribution in [0, 0.1) is 18.6 Å². The molecule has 0 saturated carbocycles. The van der Waals surface area contributed by atoms with E-state index in [0.717, 1.165) is 11.8 Å². The zero-order valence-corrected chi connectivity index (χ0v) is 11.8. The maximum atomic E-state index is 13.9. The highest BCUT2D eigenvalue weighted by molar-refractivity contribution is 7.85. The molecule has 2 heterocycles. The number of anilines is 1. The highest BCUT2D eigenvalue weighted by Gasteiger charge is 2.20. The molecular formula is C14H14F2N2OS. The molecular weight excluding hydrogens is 282 g/mol. The third kappa shape index (κ3) is 2.28. The van der Waals surface area contributed by atoms with E-state index < -0.39 is 22.4 Å². The number of fused-ring (bicyclic) bond motifs is 1. The van der Waals surface area contributed by atoms with Crippen molar-refractivity contribution in [3.8, 4) is 0 Å². The lowest BCUT2D eigenvalue weighted by Crippen LogP contribution is -2.37. The lowest BCUT2D eigenvalue weighted by atomic mass is 10.1. The first-order valence-corrected chi connectivity index (χ1v) is 7.90. The Morgan fingerprint density at radius 1 is 1.25 bits per heavy atom. The number of pyridine rings is 1. The second kappa shape index (κ2) is 5.09. The molecule has 0 radical (unpaired) electrons. The Bertz CT molecular complexity index is 695. The fourth-order valence-electron chi connectivity index (χ4n) is 2.48. The van der Waals surface area contributed by atoms with Gasteiger partial charge in [0.15, 0.2) is 11.6 Å². The summed E-state index contributed by atoms with van der Waals surface area (Å²) in [5.74, 6) is -0.589. The molecule has 0 atom stereocenters. The highest BCUT2D eigenvalue weighted by atomic mass is 32.2. The molecule has 1 aromatic carbocycles. The van der Waals surface area contributed by atoms with Crippen LogP contribution in [0.1, 0.15) is 5.69 Å². The van der Waals surface area contributed by atoms with Gasteiger partial charge in [-0.15, -0.1) is 0 Å². The summed E-state index contributed by atoms with van der Waals surface area (Å²) in [7, 11) is -0.773. The summed E-state index contributed by atoms with van der Waals surface area (Å²) in [6.45, 7) is 3.07. The van der Waals surface area contributed by atoms with Crippen LogP contribution in [0.4, 0.5) is 14.5 Å². The predicted molar refractivity (Wildman–Crippen MR) is 76.5 cm³/mol. The fraction of sp³-hybridized carbons (Fsp3) is 0.357. The average molecular weight is 296 g/mol. The van der Waals surface area contributed by atoms with E-state index in [0.29, 0.717) is 35.7 Å². The molecule has 3 nitrogen and oxygen atoms in total. The summed E-state index contributed by atoms with van der Waals surface area (Å²) in [5, 5.41) is 0.599. The van der Waals surface area contributed by atoms with Crippen molar-refractivity contribution in [2.75, 3.05) is 29.5 Å². The molecule has 0 N–H and O–H groups in total. The van der Waals surface area contributed by atoms with E-state index >= 15 is 0 Å². The van der Waals surface area contributed by atoms with Crippen molar-refractivity contribution in [2.45, 2.75) is 6.92 Å². The first kappa shape index (κ1) is 13.4. The number of aromatic nitrogens is 1.